The van der Waals surface area contributed by atoms with Crippen molar-refractivity contribution in [2.75, 3.05) is 6.54 Å². The highest BCUT2D eigenvalue weighted by Crippen LogP contribution is 2.16. The molecule has 0 spiro atoms. The van der Waals surface area contributed by atoms with Crippen molar-refractivity contribution in [2.45, 2.75) is 25.8 Å². The van der Waals surface area contributed by atoms with Crippen molar-refractivity contribution >= 4 is 15.9 Å². The second-order valence-corrected chi connectivity index (χ2v) is 5.28. The topological polar surface area (TPSA) is 40.7 Å². The number of halogens is 1. The van der Waals surface area contributed by atoms with Crippen LogP contribution in [0, 0.1) is 0 Å². The normalized spacial score (nSPS) is 12.6. The summed E-state index contributed by atoms with van der Waals surface area (Å²) >= 11 is 3.45. The minimum Gasteiger partial charge on any atom is -0.349 e. The highest BCUT2D eigenvalue weighted by Gasteiger charge is 2.04. The highest BCUT2D eigenvalue weighted by atomic mass is 79.9. The van der Waals surface area contributed by atoms with Crippen LogP contribution in [0.5, 0.6) is 0 Å². The zero-order valence-corrected chi connectivity index (χ0v) is 12.1. The monoisotopic (exact) mass is 307 g/mol. The Bertz CT molecular complexity index is 450. The quantitative estimate of drug-likeness (QED) is 0.802. The molecule has 3 nitrogen and oxygen atoms in total. The average molecular weight is 308 g/mol. The van der Waals surface area contributed by atoms with Crippen molar-refractivity contribution in [3.8, 4) is 0 Å². The third-order valence-corrected chi connectivity index (χ3v) is 3.49. The molecule has 1 heterocycles. The maximum absolute atomic E-state index is 4.21. The van der Waals surface area contributed by atoms with Crippen LogP contribution in [0.25, 0.3) is 0 Å². The van der Waals surface area contributed by atoms with E-state index in [1.54, 1.807) is 6.20 Å². The molecule has 0 fully saturated rings. The fraction of sp³-hybridized carbons (Fsp3) is 0.357. The van der Waals surface area contributed by atoms with Gasteiger partial charge in [0.15, 0.2) is 0 Å². The first-order chi connectivity index (χ1) is 8.75. The SMILES string of the molecule is CC(NCCCc1ncc[nH]1)c1ccc(Br)cc1. The Morgan fingerprint density at radius 1 is 1.33 bits per heavy atom. The smallest absolute Gasteiger partial charge is 0.106 e. The van der Waals surface area contributed by atoms with Crippen LogP contribution in [-0.2, 0) is 6.42 Å². The molecule has 0 radical (unpaired) electrons. The summed E-state index contributed by atoms with van der Waals surface area (Å²) in [6.07, 6.45) is 5.75. The number of hydrogen-bond acceptors (Lipinski definition) is 2. The number of H-pyrrole nitrogens is 1. The van der Waals surface area contributed by atoms with E-state index in [-0.39, 0.29) is 0 Å². The fourth-order valence-corrected chi connectivity index (χ4v) is 2.14. The molecular formula is C14H18BrN3. The number of hydrogen-bond donors (Lipinski definition) is 2. The summed E-state index contributed by atoms with van der Waals surface area (Å²) in [6.45, 7) is 3.19. The van der Waals surface area contributed by atoms with Gasteiger partial charge in [-0.25, -0.2) is 4.98 Å². The summed E-state index contributed by atoms with van der Waals surface area (Å²) in [4.78, 5) is 7.33. The van der Waals surface area contributed by atoms with E-state index in [4.69, 9.17) is 0 Å². The molecule has 0 aliphatic carbocycles. The number of imidazole rings is 1. The minimum absolute atomic E-state index is 0.384. The molecule has 1 aromatic heterocycles. The third kappa shape index (κ3) is 3.96. The van der Waals surface area contributed by atoms with Crippen LogP contribution in [0.15, 0.2) is 41.1 Å². The molecule has 2 rings (SSSR count). The highest BCUT2D eigenvalue weighted by molar-refractivity contribution is 9.10. The van der Waals surface area contributed by atoms with E-state index in [0.29, 0.717) is 6.04 Å². The summed E-state index contributed by atoms with van der Waals surface area (Å²) in [5.41, 5.74) is 1.32. The van der Waals surface area contributed by atoms with Crippen LogP contribution >= 0.6 is 15.9 Å². The van der Waals surface area contributed by atoms with E-state index in [1.165, 1.54) is 5.56 Å². The molecular weight excluding hydrogens is 290 g/mol. The largest absolute Gasteiger partial charge is 0.349 e. The number of aromatic nitrogens is 2. The van der Waals surface area contributed by atoms with Crippen LogP contribution in [0.2, 0.25) is 0 Å². The number of aromatic amines is 1. The Morgan fingerprint density at radius 2 is 2.11 bits per heavy atom. The van der Waals surface area contributed by atoms with Gasteiger partial charge in [0.2, 0.25) is 0 Å². The Labute approximate surface area is 116 Å². The molecule has 18 heavy (non-hydrogen) atoms. The molecule has 0 saturated carbocycles. The molecule has 96 valence electrons. The maximum Gasteiger partial charge on any atom is 0.106 e. The van der Waals surface area contributed by atoms with E-state index in [1.807, 2.05) is 6.20 Å². The van der Waals surface area contributed by atoms with Crippen molar-refractivity contribution in [1.82, 2.24) is 15.3 Å². The molecule has 4 heteroatoms. The third-order valence-electron chi connectivity index (χ3n) is 2.97. The van der Waals surface area contributed by atoms with Crippen molar-refractivity contribution in [3.05, 3.63) is 52.5 Å². The van der Waals surface area contributed by atoms with E-state index in [9.17, 15) is 0 Å². The molecule has 1 unspecified atom stereocenters. The lowest BCUT2D eigenvalue weighted by Crippen LogP contribution is -2.20. The summed E-state index contributed by atoms with van der Waals surface area (Å²) in [7, 11) is 0. The Kier molecular flexibility index (Phi) is 4.96. The van der Waals surface area contributed by atoms with Gasteiger partial charge in [0.05, 0.1) is 0 Å². The summed E-state index contributed by atoms with van der Waals surface area (Å²) in [6, 6.07) is 8.84. The Hall–Kier alpha value is -1.13. The lowest BCUT2D eigenvalue weighted by molar-refractivity contribution is 0.555. The van der Waals surface area contributed by atoms with E-state index in [2.05, 4.69) is 62.4 Å². The molecule has 0 amide bonds. The number of aryl methyl sites for hydroxylation is 1. The van der Waals surface area contributed by atoms with Gasteiger partial charge in [-0.05, 0) is 37.6 Å². The van der Waals surface area contributed by atoms with Gasteiger partial charge in [-0.3, -0.25) is 0 Å². The van der Waals surface area contributed by atoms with Crippen LogP contribution in [0.1, 0.15) is 30.8 Å². The Balaban J connectivity index is 1.71. The summed E-state index contributed by atoms with van der Waals surface area (Å²) in [5, 5.41) is 3.52. The molecule has 0 aliphatic heterocycles. The first-order valence-electron chi connectivity index (χ1n) is 6.23. The van der Waals surface area contributed by atoms with Gasteiger partial charge < -0.3 is 10.3 Å². The predicted octanol–water partition coefficient (Wildman–Crippen LogP) is 3.46. The Morgan fingerprint density at radius 3 is 2.78 bits per heavy atom. The van der Waals surface area contributed by atoms with E-state index >= 15 is 0 Å². The van der Waals surface area contributed by atoms with E-state index < -0.39 is 0 Å². The molecule has 2 N–H and O–H groups in total. The van der Waals surface area contributed by atoms with Gasteiger partial charge in [-0.2, -0.15) is 0 Å². The second-order valence-electron chi connectivity index (χ2n) is 4.37. The number of nitrogens with one attached hydrogen (secondary N) is 2. The molecule has 0 aliphatic rings. The maximum atomic E-state index is 4.21. The first kappa shape index (κ1) is 13.3. The number of nitrogens with zero attached hydrogens (tertiary/aromatic N) is 1. The van der Waals surface area contributed by atoms with E-state index in [0.717, 1.165) is 29.7 Å². The molecule has 1 aromatic carbocycles. The zero-order valence-electron chi connectivity index (χ0n) is 10.5. The number of benzene rings is 1. The van der Waals surface area contributed by atoms with Gasteiger partial charge in [-0.1, -0.05) is 28.1 Å². The zero-order chi connectivity index (χ0) is 12.8. The molecule has 2 aromatic rings. The molecule has 0 bridgehead atoms. The van der Waals surface area contributed by atoms with Gasteiger partial charge in [0.25, 0.3) is 0 Å². The van der Waals surface area contributed by atoms with Crippen LogP contribution in [0.3, 0.4) is 0 Å². The predicted molar refractivity (Wildman–Crippen MR) is 77.5 cm³/mol. The van der Waals surface area contributed by atoms with Gasteiger partial charge in [-0.15, -0.1) is 0 Å². The minimum atomic E-state index is 0.384. The number of rotatable bonds is 6. The van der Waals surface area contributed by atoms with Crippen molar-refractivity contribution in [2.24, 2.45) is 0 Å². The van der Waals surface area contributed by atoms with Crippen LogP contribution < -0.4 is 5.32 Å². The average Bonchev–Trinajstić information content (AvgIpc) is 2.88. The lowest BCUT2D eigenvalue weighted by Gasteiger charge is -2.14. The standard InChI is InChI=1S/C14H18BrN3/c1-11(12-4-6-13(15)7-5-12)16-8-2-3-14-17-9-10-18-14/h4-7,9-11,16H,2-3,8H2,1H3,(H,17,18). The lowest BCUT2D eigenvalue weighted by atomic mass is 10.1. The van der Waals surface area contributed by atoms with Gasteiger partial charge in [0.1, 0.15) is 5.82 Å². The van der Waals surface area contributed by atoms with Gasteiger partial charge >= 0.3 is 0 Å². The van der Waals surface area contributed by atoms with Crippen molar-refractivity contribution < 1.29 is 0 Å². The molecule has 1 atom stereocenters. The first-order valence-corrected chi connectivity index (χ1v) is 7.02. The molecule has 0 saturated heterocycles. The van der Waals surface area contributed by atoms with Crippen LogP contribution in [-0.4, -0.2) is 16.5 Å². The second kappa shape index (κ2) is 6.71. The summed E-state index contributed by atoms with van der Waals surface area (Å²) in [5.74, 6) is 1.06. The summed E-state index contributed by atoms with van der Waals surface area (Å²) < 4.78 is 1.12. The van der Waals surface area contributed by atoms with Gasteiger partial charge in [0, 0.05) is 29.3 Å². The van der Waals surface area contributed by atoms with Crippen LogP contribution in [0.4, 0.5) is 0 Å². The fourth-order valence-electron chi connectivity index (χ4n) is 1.88. The van der Waals surface area contributed by atoms with Crippen molar-refractivity contribution in [1.29, 1.82) is 0 Å². The van der Waals surface area contributed by atoms with Crippen molar-refractivity contribution in [3.63, 3.8) is 0 Å².